The highest BCUT2D eigenvalue weighted by molar-refractivity contribution is 7.18. The smallest absolute Gasteiger partial charge is 0.257 e. The van der Waals surface area contributed by atoms with Gasteiger partial charge in [-0.15, -0.1) is 11.3 Å². The van der Waals surface area contributed by atoms with Crippen LogP contribution in [0.3, 0.4) is 0 Å². The number of pyridine rings is 1. The molecule has 7 nitrogen and oxygen atoms in total. The van der Waals surface area contributed by atoms with Crippen LogP contribution in [0.2, 0.25) is 5.02 Å². The number of nitrogens with one attached hydrogen (secondary N) is 1. The van der Waals surface area contributed by atoms with Crippen molar-refractivity contribution in [2.45, 2.75) is 25.2 Å². The summed E-state index contributed by atoms with van der Waals surface area (Å²) < 4.78 is 7.52. The second kappa shape index (κ2) is 11.2. The number of hydrogen-bond donors (Lipinski definition) is 2. The van der Waals surface area contributed by atoms with Gasteiger partial charge >= 0.3 is 0 Å². The van der Waals surface area contributed by atoms with E-state index in [-0.39, 0.29) is 17.0 Å². The minimum atomic E-state index is -0.682. The summed E-state index contributed by atoms with van der Waals surface area (Å²) >= 11 is 7.45. The number of carbonyl (C=O) groups excluding carboxylic acids is 1. The lowest BCUT2D eigenvalue weighted by Gasteiger charge is -2.38. The maximum atomic E-state index is 13.3. The van der Waals surface area contributed by atoms with Crippen LogP contribution >= 0.6 is 22.9 Å². The predicted octanol–water partition coefficient (Wildman–Crippen LogP) is 4.12. The van der Waals surface area contributed by atoms with Gasteiger partial charge in [0.1, 0.15) is 10.4 Å². The molecule has 5 rings (SSSR count). The molecule has 1 aliphatic rings. The summed E-state index contributed by atoms with van der Waals surface area (Å²) in [7, 11) is 1.84. The number of nitrogens with zero attached hydrogens (tertiary/aromatic N) is 2. The Bertz CT molecular complexity index is 1450. The fourth-order valence-corrected chi connectivity index (χ4v) is 5.89. The van der Waals surface area contributed by atoms with Crippen molar-refractivity contribution >= 4 is 39.1 Å². The molecule has 0 saturated carbocycles. The molecule has 0 spiro atoms. The lowest BCUT2D eigenvalue weighted by atomic mass is 10.0. The number of fused-ring (bicyclic) bond motifs is 1. The molecule has 9 heteroatoms. The molecule has 2 N–H and O–H groups in total. The minimum absolute atomic E-state index is 0.108. The number of morpholine rings is 1. The molecular weight excluding hydrogens is 510 g/mol. The van der Waals surface area contributed by atoms with Gasteiger partial charge in [0.05, 0.1) is 30.7 Å². The number of rotatable bonds is 7. The zero-order valence-electron chi connectivity index (χ0n) is 20.4. The van der Waals surface area contributed by atoms with Crippen molar-refractivity contribution < 1.29 is 14.6 Å². The highest BCUT2D eigenvalue weighted by atomic mass is 35.5. The predicted molar refractivity (Wildman–Crippen MR) is 146 cm³/mol. The van der Waals surface area contributed by atoms with Crippen LogP contribution in [0.5, 0.6) is 0 Å². The third kappa shape index (κ3) is 5.63. The number of ether oxygens (including phenoxy) is 1. The molecule has 0 bridgehead atoms. The molecule has 2 aromatic carbocycles. The molecule has 37 heavy (non-hydrogen) atoms. The number of aliphatic hydroxyl groups is 1. The Balaban J connectivity index is 1.36. The molecule has 1 amide bonds. The average molecular weight is 538 g/mol. The van der Waals surface area contributed by atoms with E-state index in [0.29, 0.717) is 43.3 Å². The monoisotopic (exact) mass is 537 g/mol. The molecule has 0 radical (unpaired) electrons. The number of aromatic nitrogens is 1. The Morgan fingerprint density at radius 2 is 1.97 bits per heavy atom. The van der Waals surface area contributed by atoms with E-state index in [1.54, 1.807) is 18.3 Å². The summed E-state index contributed by atoms with van der Waals surface area (Å²) in [6, 6.07) is 18.5. The van der Waals surface area contributed by atoms with Gasteiger partial charge in [-0.25, -0.2) is 0 Å². The summed E-state index contributed by atoms with van der Waals surface area (Å²) in [6.07, 6.45) is 0.914. The highest BCUT2D eigenvalue weighted by Gasteiger charge is 2.31. The van der Waals surface area contributed by atoms with Gasteiger partial charge in [0.15, 0.2) is 0 Å². The second-order valence-corrected chi connectivity index (χ2v) is 10.7. The fraction of sp³-hybridized carbons (Fsp3) is 0.286. The zero-order valence-corrected chi connectivity index (χ0v) is 22.0. The number of thiophene rings is 1. The Labute approximate surface area is 223 Å². The van der Waals surface area contributed by atoms with E-state index in [9.17, 15) is 14.7 Å². The minimum Gasteiger partial charge on any atom is -0.387 e. The molecule has 2 atom stereocenters. The number of carbonyl (C=O) groups is 1. The molecule has 3 heterocycles. The Morgan fingerprint density at radius 1 is 1.22 bits per heavy atom. The quantitative estimate of drug-likeness (QED) is 0.370. The Kier molecular flexibility index (Phi) is 7.73. The highest BCUT2D eigenvalue weighted by Crippen LogP contribution is 2.29. The summed E-state index contributed by atoms with van der Waals surface area (Å²) in [5.41, 5.74) is 1.57. The zero-order chi connectivity index (χ0) is 25.9. The number of halogens is 1. The lowest BCUT2D eigenvalue weighted by molar-refractivity contribution is -0.0629. The van der Waals surface area contributed by atoms with Crippen LogP contribution in [-0.2, 0) is 24.9 Å². The van der Waals surface area contributed by atoms with Gasteiger partial charge in [-0.3, -0.25) is 14.5 Å². The van der Waals surface area contributed by atoms with Gasteiger partial charge in [0.2, 0.25) is 5.43 Å². The van der Waals surface area contributed by atoms with Crippen LogP contribution in [-0.4, -0.2) is 46.3 Å². The van der Waals surface area contributed by atoms with E-state index in [1.807, 2.05) is 60.1 Å². The van der Waals surface area contributed by atoms with Gasteiger partial charge in [-0.1, -0.05) is 54.1 Å². The summed E-state index contributed by atoms with van der Waals surface area (Å²) in [5.74, 6) is -0.413. The van der Waals surface area contributed by atoms with Gasteiger partial charge < -0.3 is 19.7 Å². The summed E-state index contributed by atoms with van der Waals surface area (Å²) in [4.78, 5) is 30.2. The molecule has 2 aromatic heterocycles. The van der Waals surface area contributed by atoms with Crippen molar-refractivity contribution in [1.29, 1.82) is 0 Å². The van der Waals surface area contributed by atoms with Crippen LogP contribution in [0, 0.1) is 0 Å². The third-order valence-corrected chi connectivity index (χ3v) is 8.11. The van der Waals surface area contributed by atoms with E-state index in [4.69, 9.17) is 16.3 Å². The molecule has 1 aliphatic heterocycles. The van der Waals surface area contributed by atoms with E-state index in [1.165, 1.54) is 11.3 Å². The van der Waals surface area contributed by atoms with E-state index >= 15 is 0 Å². The second-order valence-electron chi connectivity index (χ2n) is 9.19. The molecule has 1 saturated heterocycles. The van der Waals surface area contributed by atoms with Gasteiger partial charge in [0, 0.05) is 42.8 Å². The number of benzene rings is 2. The Hall–Kier alpha value is -3.01. The van der Waals surface area contributed by atoms with Crippen molar-refractivity contribution in [2.24, 2.45) is 7.05 Å². The fourth-order valence-electron chi connectivity index (χ4n) is 4.65. The van der Waals surface area contributed by atoms with Crippen LogP contribution in [0.4, 0.5) is 0 Å². The Morgan fingerprint density at radius 3 is 2.73 bits per heavy atom. The van der Waals surface area contributed by atoms with E-state index in [2.05, 4.69) is 10.2 Å². The van der Waals surface area contributed by atoms with Crippen molar-refractivity contribution in [1.82, 2.24) is 14.8 Å². The van der Waals surface area contributed by atoms with Crippen molar-refractivity contribution in [3.63, 3.8) is 0 Å². The van der Waals surface area contributed by atoms with Crippen LogP contribution in [0.25, 0.3) is 10.2 Å². The third-order valence-electron chi connectivity index (χ3n) is 6.65. The number of aliphatic hydroxyl groups excluding tert-OH is 1. The topological polar surface area (TPSA) is 83.8 Å². The average Bonchev–Trinajstić information content (AvgIpc) is 3.35. The normalized spacial score (nSPS) is 17.1. The molecule has 192 valence electrons. The van der Waals surface area contributed by atoms with Gasteiger partial charge in [0.25, 0.3) is 5.91 Å². The van der Waals surface area contributed by atoms with E-state index in [0.717, 1.165) is 20.8 Å². The largest absolute Gasteiger partial charge is 0.387 e. The molecule has 1 fully saturated rings. The standard InChI is InChI=1S/C28H28ClN3O4S/c1-31-16-23(27(35)30-14-18-7-9-20(29)10-8-18)26(34)22-13-21(37-28(22)31)15-32-11-12-36-17-24(32)25(33)19-5-3-2-4-6-19/h2-10,13,16,24-25,33H,11-12,14-15,17H2,1H3,(H,30,35)/t24?,25-/m0/s1. The lowest BCUT2D eigenvalue weighted by Crippen LogP contribution is -2.48. The van der Waals surface area contributed by atoms with Crippen molar-refractivity contribution in [3.05, 3.63) is 104 Å². The number of hydrogen-bond acceptors (Lipinski definition) is 6. The van der Waals surface area contributed by atoms with E-state index < -0.39 is 12.0 Å². The molecular formula is C28H28ClN3O4S. The first-order valence-corrected chi connectivity index (χ1v) is 13.3. The van der Waals surface area contributed by atoms with Crippen LogP contribution < -0.4 is 10.7 Å². The number of aryl methyl sites for hydroxylation is 1. The van der Waals surface area contributed by atoms with Gasteiger partial charge in [-0.2, -0.15) is 0 Å². The number of amides is 1. The first kappa shape index (κ1) is 25.6. The van der Waals surface area contributed by atoms with Crippen molar-refractivity contribution in [3.8, 4) is 0 Å². The molecule has 1 unspecified atom stereocenters. The molecule has 4 aromatic rings. The van der Waals surface area contributed by atoms with Crippen LogP contribution in [0.15, 0.2) is 71.7 Å². The first-order valence-electron chi connectivity index (χ1n) is 12.1. The SMILES string of the molecule is Cn1cc(C(=O)NCc2ccc(Cl)cc2)c(=O)c2cc(CN3CCOCC3[C@@H](O)c3ccccc3)sc21. The van der Waals surface area contributed by atoms with Gasteiger partial charge in [-0.05, 0) is 29.3 Å². The summed E-state index contributed by atoms with van der Waals surface area (Å²) in [5, 5.41) is 15.0. The van der Waals surface area contributed by atoms with Crippen LogP contribution in [0.1, 0.15) is 32.5 Å². The maximum Gasteiger partial charge on any atom is 0.257 e. The molecule has 0 aliphatic carbocycles. The first-order chi connectivity index (χ1) is 17.9. The van der Waals surface area contributed by atoms with Crippen molar-refractivity contribution in [2.75, 3.05) is 19.8 Å². The maximum absolute atomic E-state index is 13.3. The summed E-state index contributed by atoms with van der Waals surface area (Å²) in [6.45, 7) is 2.57.